The Bertz CT molecular complexity index is 301. The number of hydrogen-bond acceptors (Lipinski definition) is 3. The van der Waals surface area contributed by atoms with Crippen LogP contribution >= 0.6 is 0 Å². The number of ether oxygens (including phenoxy) is 1. The fourth-order valence-corrected chi connectivity index (χ4v) is 3.53. The predicted molar refractivity (Wildman–Crippen MR) is 72.6 cm³/mol. The van der Waals surface area contributed by atoms with Crippen LogP contribution in [-0.4, -0.2) is 44.0 Å². The van der Waals surface area contributed by atoms with E-state index in [9.17, 15) is 4.79 Å². The van der Waals surface area contributed by atoms with Crippen molar-refractivity contribution in [2.75, 3.05) is 33.4 Å². The molecule has 0 aromatic rings. The zero-order chi connectivity index (χ0) is 13.2. The highest BCUT2D eigenvalue weighted by Gasteiger charge is 2.38. The quantitative estimate of drug-likeness (QED) is 0.770. The molecule has 1 aliphatic carbocycles. The molecule has 2 aliphatic rings. The summed E-state index contributed by atoms with van der Waals surface area (Å²) in [5.41, 5.74) is -0.0887. The second kappa shape index (κ2) is 5.70. The number of rotatable bonds is 4. The standard InChI is InChI=1S/C15H27NO2/c1-15(2)7-4-5-13(14(15)17)10-16-8-6-12(9-16)11-18-3/h12-13H,4-11H2,1-3H3. The molecule has 104 valence electrons. The Kier molecular flexibility index (Phi) is 4.44. The second-order valence-electron chi connectivity index (χ2n) is 6.71. The fourth-order valence-electron chi connectivity index (χ4n) is 3.53. The molecule has 1 saturated heterocycles. The van der Waals surface area contributed by atoms with Crippen molar-refractivity contribution in [1.82, 2.24) is 4.90 Å². The molecule has 3 nitrogen and oxygen atoms in total. The van der Waals surface area contributed by atoms with Gasteiger partial charge in [-0.15, -0.1) is 0 Å². The van der Waals surface area contributed by atoms with Crippen molar-refractivity contribution >= 4 is 5.78 Å². The maximum Gasteiger partial charge on any atom is 0.142 e. The van der Waals surface area contributed by atoms with Crippen molar-refractivity contribution < 1.29 is 9.53 Å². The van der Waals surface area contributed by atoms with E-state index >= 15 is 0 Å². The van der Waals surface area contributed by atoms with Crippen molar-refractivity contribution in [2.24, 2.45) is 17.3 Å². The smallest absolute Gasteiger partial charge is 0.142 e. The Labute approximate surface area is 111 Å². The molecule has 0 bridgehead atoms. The average molecular weight is 253 g/mol. The number of likely N-dealkylation sites (tertiary alicyclic amines) is 1. The van der Waals surface area contributed by atoms with Crippen molar-refractivity contribution in [3.05, 3.63) is 0 Å². The highest BCUT2D eigenvalue weighted by molar-refractivity contribution is 5.87. The van der Waals surface area contributed by atoms with Crippen LogP contribution in [-0.2, 0) is 9.53 Å². The third-order valence-corrected chi connectivity index (χ3v) is 4.64. The molecule has 2 fully saturated rings. The van der Waals surface area contributed by atoms with Gasteiger partial charge in [0.15, 0.2) is 0 Å². The molecule has 2 unspecified atom stereocenters. The molecule has 0 aromatic carbocycles. The summed E-state index contributed by atoms with van der Waals surface area (Å²) >= 11 is 0. The van der Waals surface area contributed by atoms with E-state index in [0.29, 0.717) is 11.7 Å². The van der Waals surface area contributed by atoms with Gasteiger partial charge in [0.25, 0.3) is 0 Å². The summed E-state index contributed by atoms with van der Waals surface area (Å²) in [6.45, 7) is 8.30. The number of Topliss-reactive ketones (excluding diaryl/α,β-unsaturated/α-hetero) is 1. The van der Waals surface area contributed by atoms with Crippen molar-refractivity contribution in [2.45, 2.75) is 39.5 Å². The lowest BCUT2D eigenvalue weighted by atomic mass is 9.71. The van der Waals surface area contributed by atoms with E-state index in [-0.39, 0.29) is 11.3 Å². The fraction of sp³-hybridized carbons (Fsp3) is 0.933. The van der Waals surface area contributed by atoms with E-state index in [2.05, 4.69) is 18.7 Å². The molecule has 2 atom stereocenters. The first-order chi connectivity index (χ1) is 8.53. The highest BCUT2D eigenvalue weighted by atomic mass is 16.5. The summed E-state index contributed by atoms with van der Waals surface area (Å²) in [7, 11) is 1.77. The van der Waals surface area contributed by atoms with Gasteiger partial charge in [-0.2, -0.15) is 0 Å². The SMILES string of the molecule is COCC1CCN(CC2CCCC(C)(C)C2=O)C1. The minimum atomic E-state index is -0.0887. The molecule has 0 spiro atoms. The number of carbonyl (C=O) groups excluding carboxylic acids is 1. The van der Waals surface area contributed by atoms with Crippen molar-refractivity contribution in [3.63, 3.8) is 0 Å². The second-order valence-corrected chi connectivity index (χ2v) is 6.71. The molecule has 18 heavy (non-hydrogen) atoms. The molecule has 1 saturated carbocycles. The van der Waals surface area contributed by atoms with Crippen LogP contribution in [0.25, 0.3) is 0 Å². The van der Waals surface area contributed by atoms with Gasteiger partial charge in [-0.25, -0.2) is 0 Å². The van der Waals surface area contributed by atoms with Gasteiger partial charge in [0.05, 0.1) is 6.61 Å². The summed E-state index contributed by atoms with van der Waals surface area (Å²) in [4.78, 5) is 14.9. The van der Waals surface area contributed by atoms with Crippen molar-refractivity contribution in [1.29, 1.82) is 0 Å². The maximum absolute atomic E-state index is 12.4. The zero-order valence-corrected chi connectivity index (χ0v) is 12.1. The number of hydrogen-bond donors (Lipinski definition) is 0. The molecule has 2 rings (SSSR count). The van der Waals surface area contributed by atoms with E-state index < -0.39 is 0 Å². The summed E-state index contributed by atoms with van der Waals surface area (Å²) in [5, 5.41) is 0. The number of ketones is 1. The van der Waals surface area contributed by atoms with Crippen molar-refractivity contribution in [3.8, 4) is 0 Å². The topological polar surface area (TPSA) is 29.5 Å². The molecule has 1 heterocycles. The van der Waals surface area contributed by atoms with E-state index in [1.807, 2.05) is 0 Å². The average Bonchev–Trinajstić information content (AvgIpc) is 2.73. The zero-order valence-electron chi connectivity index (χ0n) is 12.1. The minimum Gasteiger partial charge on any atom is -0.384 e. The highest BCUT2D eigenvalue weighted by Crippen LogP contribution is 2.36. The van der Waals surface area contributed by atoms with Gasteiger partial charge in [-0.05, 0) is 31.7 Å². The van der Waals surface area contributed by atoms with E-state index in [4.69, 9.17) is 4.74 Å². The Balaban J connectivity index is 1.85. The van der Waals surface area contributed by atoms with Crippen LogP contribution in [0.4, 0.5) is 0 Å². The van der Waals surface area contributed by atoms with Crippen LogP contribution in [0.2, 0.25) is 0 Å². The van der Waals surface area contributed by atoms with Gasteiger partial charge in [0.1, 0.15) is 5.78 Å². The first-order valence-electron chi connectivity index (χ1n) is 7.28. The van der Waals surface area contributed by atoms with Gasteiger partial charge in [-0.3, -0.25) is 4.79 Å². The van der Waals surface area contributed by atoms with E-state index in [0.717, 1.165) is 39.1 Å². The molecule has 1 aliphatic heterocycles. The lowest BCUT2D eigenvalue weighted by Gasteiger charge is -2.35. The lowest BCUT2D eigenvalue weighted by molar-refractivity contribution is -0.134. The van der Waals surface area contributed by atoms with Crippen LogP contribution in [0.1, 0.15) is 39.5 Å². The Morgan fingerprint density at radius 2 is 2.17 bits per heavy atom. The first kappa shape index (κ1) is 14.0. The third-order valence-electron chi connectivity index (χ3n) is 4.64. The van der Waals surface area contributed by atoms with E-state index in [1.54, 1.807) is 7.11 Å². The lowest BCUT2D eigenvalue weighted by Crippen LogP contribution is -2.41. The van der Waals surface area contributed by atoms with Gasteiger partial charge in [0, 0.05) is 31.5 Å². The third kappa shape index (κ3) is 3.12. The van der Waals surface area contributed by atoms with Crippen LogP contribution in [0.5, 0.6) is 0 Å². The van der Waals surface area contributed by atoms with Crippen LogP contribution in [0, 0.1) is 17.3 Å². The molecule has 0 aromatic heterocycles. The van der Waals surface area contributed by atoms with Crippen LogP contribution < -0.4 is 0 Å². The summed E-state index contributed by atoms with van der Waals surface area (Å²) < 4.78 is 5.22. The monoisotopic (exact) mass is 253 g/mol. The van der Waals surface area contributed by atoms with Gasteiger partial charge in [0.2, 0.25) is 0 Å². The molecular weight excluding hydrogens is 226 g/mol. The van der Waals surface area contributed by atoms with E-state index in [1.165, 1.54) is 12.8 Å². The normalized spacial score (nSPS) is 32.9. The predicted octanol–water partition coefficient (Wildman–Crippen LogP) is 2.35. The van der Waals surface area contributed by atoms with Gasteiger partial charge >= 0.3 is 0 Å². The molecule has 0 amide bonds. The molecule has 3 heteroatoms. The summed E-state index contributed by atoms with van der Waals surface area (Å²) in [6, 6.07) is 0. The molecule has 0 N–H and O–H groups in total. The summed E-state index contributed by atoms with van der Waals surface area (Å²) in [6.07, 6.45) is 4.58. The maximum atomic E-state index is 12.4. The minimum absolute atomic E-state index is 0.0887. The Hall–Kier alpha value is -0.410. The molecular formula is C15H27NO2. The summed E-state index contributed by atoms with van der Waals surface area (Å²) in [5.74, 6) is 1.43. The largest absolute Gasteiger partial charge is 0.384 e. The molecule has 0 radical (unpaired) electrons. The van der Waals surface area contributed by atoms with Gasteiger partial charge in [-0.1, -0.05) is 20.3 Å². The number of nitrogens with zero attached hydrogens (tertiary/aromatic N) is 1. The number of methoxy groups -OCH3 is 1. The number of carbonyl (C=O) groups is 1. The Morgan fingerprint density at radius 1 is 1.39 bits per heavy atom. The van der Waals surface area contributed by atoms with Crippen LogP contribution in [0.3, 0.4) is 0 Å². The first-order valence-corrected chi connectivity index (χ1v) is 7.28. The van der Waals surface area contributed by atoms with Crippen LogP contribution in [0.15, 0.2) is 0 Å². The van der Waals surface area contributed by atoms with Gasteiger partial charge < -0.3 is 9.64 Å². The Morgan fingerprint density at radius 3 is 2.89 bits per heavy atom.